The van der Waals surface area contributed by atoms with Gasteiger partial charge in [-0.1, -0.05) is 26.2 Å². The van der Waals surface area contributed by atoms with Crippen molar-refractivity contribution in [2.24, 2.45) is 5.41 Å². The Hall–Kier alpha value is -0.0400. The Labute approximate surface area is 87.7 Å². The van der Waals surface area contributed by atoms with Crippen LogP contribution in [0.1, 0.15) is 64.7 Å². The molecule has 0 aliphatic heterocycles. The van der Waals surface area contributed by atoms with Gasteiger partial charge in [0.05, 0.1) is 0 Å². The van der Waals surface area contributed by atoms with E-state index in [0.29, 0.717) is 11.0 Å². The van der Waals surface area contributed by atoms with Gasteiger partial charge in [0.2, 0.25) is 0 Å². The van der Waals surface area contributed by atoms with E-state index in [0.717, 1.165) is 6.04 Å². The van der Waals surface area contributed by atoms with Crippen LogP contribution >= 0.6 is 0 Å². The SMILES string of the molecule is CC1(C2(NC3CCCCC3)CC2)CC1. The van der Waals surface area contributed by atoms with E-state index in [2.05, 4.69) is 12.2 Å². The highest BCUT2D eigenvalue weighted by atomic mass is 15.1. The second kappa shape index (κ2) is 2.98. The molecular weight excluding hydrogens is 170 g/mol. The predicted molar refractivity (Wildman–Crippen MR) is 59.3 cm³/mol. The van der Waals surface area contributed by atoms with Crippen molar-refractivity contribution in [3.8, 4) is 0 Å². The van der Waals surface area contributed by atoms with Gasteiger partial charge in [-0.05, 0) is 43.9 Å². The van der Waals surface area contributed by atoms with Gasteiger partial charge in [-0.15, -0.1) is 0 Å². The number of nitrogens with one attached hydrogen (secondary N) is 1. The lowest BCUT2D eigenvalue weighted by Gasteiger charge is -2.32. The van der Waals surface area contributed by atoms with Crippen LogP contribution < -0.4 is 5.32 Å². The lowest BCUT2D eigenvalue weighted by atomic mass is 9.90. The Bertz CT molecular complexity index is 219. The zero-order chi connectivity index (χ0) is 9.65. The summed E-state index contributed by atoms with van der Waals surface area (Å²) in [5, 5.41) is 4.01. The maximum Gasteiger partial charge on any atom is 0.0239 e. The third-order valence-electron chi connectivity index (χ3n) is 4.99. The molecule has 1 heteroatoms. The normalized spacial score (nSPS) is 34.1. The minimum absolute atomic E-state index is 0.606. The molecule has 1 nitrogen and oxygen atoms in total. The molecule has 3 rings (SSSR count). The van der Waals surface area contributed by atoms with Crippen molar-refractivity contribution < 1.29 is 0 Å². The first kappa shape index (κ1) is 9.21. The maximum atomic E-state index is 4.01. The van der Waals surface area contributed by atoms with E-state index in [4.69, 9.17) is 0 Å². The second-order valence-electron chi connectivity index (χ2n) is 6.12. The molecule has 0 spiro atoms. The lowest BCUT2D eigenvalue weighted by molar-refractivity contribution is 0.259. The summed E-state index contributed by atoms with van der Waals surface area (Å²) >= 11 is 0. The van der Waals surface area contributed by atoms with Gasteiger partial charge in [0.15, 0.2) is 0 Å². The van der Waals surface area contributed by atoms with Crippen LogP contribution in [0.25, 0.3) is 0 Å². The lowest BCUT2D eigenvalue weighted by Crippen LogP contribution is -2.46. The molecule has 0 atom stereocenters. The van der Waals surface area contributed by atoms with Gasteiger partial charge in [-0.2, -0.15) is 0 Å². The highest BCUT2D eigenvalue weighted by Crippen LogP contribution is 2.64. The first-order valence-corrected chi connectivity index (χ1v) is 6.52. The fraction of sp³-hybridized carbons (Fsp3) is 1.00. The van der Waals surface area contributed by atoms with Crippen LogP contribution in [0.4, 0.5) is 0 Å². The molecule has 0 radical (unpaired) electrons. The second-order valence-corrected chi connectivity index (χ2v) is 6.12. The molecular formula is C13H23N. The molecule has 3 aliphatic carbocycles. The molecule has 0 heterocycles. The van der Waals surface area contributed by atoms with Crippen molar-refractivity contribution in [1.29, 1.82) is 0 Å². The van der Waals surface area contributed by atoms with E-state index in [9.17, 15) is 0 Å². The first-order chi connectivity index (χ1) is 6.74. The summed E-state index contributed by atoms with van der Waals surface area (Å²) in [5.74, 6) is 0. The average Bonchev–Trinajstić information content (AvgIpc) is 3.07. The zero-order valence-corrected chi connectivity index (χ0v) is 9.44. The van der Waals surface area contributed by atoms with E-state index in [-0.39, 0.29) is 0 Å². The molecule has 0 aromatic heterocycles. The van der Waals surface area contributed by atoms with Gasteiger partial charge in [0.1, 0.15) is 0 Å². The largest absolute Gasteiger partial charge is 0.308 e. The minimum Gasteiger partial charge on any atom is -0.308 e. The zero-order valence-electron chi connectivity index (χ0n) is 9.44. The first-order valence-electron chi connectivity index (χ1n) is 6.52. The molecule has 3 saturated carbocycles. The van der Waals surface area contributed by atoms with Crippen LogP contribution in [-0.2, 0) is 0 Å². The summed E-state index contributed by atoms with van der Waals surface area (Å²) in [6.07, 6.45) is 13.2. The highest BCUT2D eigenvalue weighted by molar-refractivity contribution is 5.19. The van der Waals surface area contributed by atoms with E-state index < -0.39 is 0 Å². The summed E-state index contributed by atoms with van der Waals surface area (Å²) < 4.78 is 0. The molecule has 0 aromatic carbocycles. The Kier molecular flexibility index (Phi) is 1.96. The number of hydrogen-bond donors (Lipinski definition) is 1. The molecule has 0 unspecified atom stereocenters. The molecule has 3 aliphatic rings. The van der Waals surface area contributed by atoms with E-state index in [1.807, 2.05) is 0 Å². The monoisotopic (exact) mass is 193 g/mol. The predicted octanol–water partition coefficient (Wildman–Crippen LogP) is 3.24. The Morgan fingerprint density at radius 3 is 2.07 bits per heavy atom. The fourth-order valence-corrected chi connectivity index (χ4v) is 3.35. The highest BCUT2D eigenvalue weighted by Gasteiger charge is 2.62. The number of rotatable bonds is 3. The van der Waals surface area contributed by atoms with Gasteiger partial charge >= 0.3 is 0 Å². The van der Waals surface area contributed by atoms with Gasteiger partial charge in [-0.3, -0.25) is 0 Å². The van der Waals surface area contributed by atoms with Crippen LogP contribution in [0.2, 0.25) is 0 Å². The van der Waals surface area contributed by atoms with Crippen molar-refractivity contribution in [2.75, 3.05) is 0 Å². The van der Waals surface area contributed by atoms with E-state index >= 15 is 0 Å². The Balaban J connectivity index is 1.60. The van der Waals surface area contributed by atoms with Crippen LogP contribution in [0, 0.1) is 5.41 Å². The molecule has 0 saturated heterocycles. The Morgan fingerprint density at radius 2 is 1.57 bits per heavy atom. The summed E-state index contributed by atoms with van der Waals surface area (Å²) in [4.78, 5) is 0. The molecule has 14 heavy (non-hydrogen) atoms. The average molecular weight is 193 g/mol. The van der Waals surface area contributed by atoms with Crippen molar-refractivity contribution in [1.82, 2.24) is 5.32 Å². The van der Waals surface area contributed by atoms with Crippen LogP contribution in [0.3, 0.4) is 0 Å². The molecule has 3 fully saturated rings. The number of hydrogen-bond acceptors (Lipinski definition) is 1. The van der Waals surface area contributed by atoms with Gasteiger partial charge in [-0.25, -0.2) is 0 Å². The molecule has 0 amide bonds. The minimum atomic E-state index is 0.606. The van der Waals surface area contributed by atoms with Crippen LogP contribution in [0.5, 0.6) is 0 Å². The molecule has 0 aromatic rings. The van der Waals surface area contributed by atoms with Gasteiger partial charge in [0.25, 0.3) is 0 Å². The van der Waals surface area contributed by atoms with Crippen molar-refractivity contribution in [2.45, 2.75) is 76.3 Å². The summed E-state index contributed by atoms with van der Waals surface area (Å²) in [5.41, 5.74) is 1.31. The molecule has 80 valence electrons. The van der Waals surface area contributed by atoms with Crippen LogP contribution in [-0.4, -0.2) is 11.6 Å². The third kappa shape index (κ3) is 1.41. The van der Waals surface area contributed by atoms with E-state index in [1.165, 1.54) is 57.8 Å². The summed E-state index contributed by atoms with van der Waals surface area (Å²) in [7, 11) is 0. The smallest absolute Gasteiger partial charge is 0.0239 e. The van der Waals surface area contributed by atoms with Crippen molar-refractivity contribution in [3.63, 3.8) is 0 Å². The van der Waals surface area contributed by atoms with Gasteiger partial charge < -0.3 is 5.32 Å². The van der Waals surface area contributed by atoms with Crippen LogP contribution in [0.15, 0.2) is 0 Å². The summed E-state index contributed by atoms with van der Waals surface area (Å²) in [6, 6.07) is 0.865. The maximum absolute atomic E-state index is 4.01. The van der Waals surface area contributed by atoms with Crippen molar-refractivity contribution >= 4 is 0 Å². The fourth-order valence-electron chi connectivity index (χ4n) is 3.35. The summed E-state index contributed by atoms with van der Waals surface area (Å²) in [6.45, 7) is 2.50. The quantitative estimate of drug-likeness (QED) is 0.725. The molecule has 0 bridgehead atoms. The van der Waals surface area contributed by atoms with E-state index in [1.54, 1.807) is 0 Å². The standard InChI is InChI=1S/C13H23N/c1-12(7-8-12)13(9-10-13)14-11-5-3-2-4-6-11/h11,14H,2-10H2,1H3. The molecule has 1 N–H and O–H groups in total. The third-order valence-corrected chi connectivity index (χ3v) is 4.99. The Morgan fingerprint density at radius 1 is 0.929 bits per heavy atom. The van der Waals surface area contributed by atoms with Gasteiger partial charge in [0, 0.05) is 11.6 Å². The topological polar surface area (TPSA) is 12.0 Å². The van der Waals surface area contributed by atoms with Crippen molar-refractivity contribution in [3.05, 3.63) is 0 Å².